The van der Waals surface area contributed by atoms with Crippen molar-refractivity contribution in [3.05, 3.63) is 40.4 Å². The molecular weight excluding hydrogens is 264 g/mol. The van der Waals surface area contributed by atoms with E-state index < -0.39 is 0 Å². The van der Waals surface area contributed by atoms with Crippen LogP contribution in [0.25, 0.3) is 10.6 Å². The molecule has 0 fully saturated rings. The highest BCUT2D eigenvalue weighted by molar-refractivity contribution is 7.15. The minimum Gasteiger partial charge on any atom is -0.309 e. The summed E-state index contributed by atoms with van der Waals surface area (Å²) in [5, 5.41) is 4.66. The molecule has 2 heterocycles. The minimum atomic E-state index is 0.207. The van der Waals surface area contributed by atoms with E-state index in [-0.39, 0.29) is 5.41 Å². The maximum absolute atomic E-state index is 4.84. The molecule has 0 radical (unpaired) electrons. The van der Waals surface area contributed by atoms with Crippen LogP contribution in [-0.2, 0) is 11.8 Å². The number of fused-ring (bicyclic) bond motifs is 1. The number of thiazole rings is 1. The lowest BCUT2D eigenvalue weighted by Crippen LogP contribution is -2.26. The highest BCUT2D eigenvalue weighted by Gasteiger charge is 2.21. The van der Waals surface area contributed by atoms with Gasteiger partial charge in [-0.15, -0.1) is 11.3 Å². The van der Waals surface area contributed by atoms with Crippen LogP contribution in [0.3, 0.4) is 0 Å². The molecule has 2 aromatic rings. The van der Waals surface area contributed by atoms with Crippen molar-refractivity contribution in [3.8, 4) is 10.6 Å². The minimum absolute atomic E-state index is 0.207. The number of benzene rings is 1. The van der Waals surface area contributed by atoms with Crippen molar-refractivity contribution >= 4 is 11.3 Å². The largest absolute Gasteiger partial charge is 0.309 e. The summed E-state index contributed by atoms with van der Waals surface area (Å²) in [6.45, 7) is 10.0. The Labute approximate surface area is 125 Å². The molecule has 0 amide bonds. The fourth-order valence-corrected chi connectivity index (χ4v) is 3.76. The number of hydrogen-bond donors (Lipinski definition) is 1. The Balaban J connectivity index is 1.94. The Morgan fingerprint density at radius 2 is 1.90 bits per heavy atom. The van der Waals surface area contributed by atoms with Gasteiger partial charge in [0.15, 0.2) is 0 Å². The zero-order chi connectivity index (χ0) is 14.3. The lowest BCUT2D eigenvalue weighted by Gasteiger charge is -2.18. The Kier molecular flexibility index (Phi) is 3.43. The van der Waals surface area contributed by atoms with E-state index in [0.29, 0.717) is 6.04 Å². The lowest BCUT2D eigenvalue weighted by atomic mass is 9.87. The van der Waals surface area contributed by atoms with Gasteiger partial charge in [0.1, 0.15) is 5.01 Å². The third-order valence-corrected chi connectivity index (χ3v) is 5.26. The van der Waals surface area contributed by atoms with Crippen LogP contribution in [0.2, 0.25) is 0 Å². The molecular formula is C17H22N2S. The normalized spacial score (nSPS) is 18.9. The van der Waals surface area contributed by atoms with Gasteiger partial charge in [0.05, 0.1) is 5.69 Å². The number of nitrogens with zero attached hydrogens (tertiary/aromatic N) is 1. The Morgan fingerprint density at radius 1 is 1.20 bits per heavy atom. The van der Waals surface area contributed by atoms with Crippen LogP contribution in [0, 0.1) is 0 Å². The average molecular weight is 286 g/mol. The van der Waals surface area contributed by atoms with E-state index in [1.807, 2.05) is 11.3 Å². The summed E-state index contributed by atoms with van der Waals surface area (Å²) in [6.07, 6.45) is 1.05. The molecule has 3 rings (SSSR count). The van der Waals surface area contributed by atoms with E-state index in [2.05, 4.69) is 57.3 Å². The summed E-state index contributed by atoms with van der Waals surface area (Å²) in [4.78, 5) is 6.25. The molecule has 1 N–H and O–H groups in total. The van der Waals surface area contributed by atoms with Gasteiger partial charge in [-0.3, -0.25) is 0 Å². The van der Waals surface area contributed by atoms with E-state index in [9.17, 15) is 0 Å². The molecule has 1 unspecified atom stereocenters. The van der Waals surface area contributed by atoms with E-state index in [1.54, 1.807) is 0 Å². The second-order valence-electron chi connectivity index (χ2n) is 6.58. The molecule has 2 nitrogen and oxygen atoms in total. The molecule has 106 valence electrons. The van der Waals surface area contributed by atoms with Crippen LogP contribution in [0.1, 0.15) is 49.9 Å². The molecule has 20 heavy (non-hydrogen) atoms. The molecule has 0 spiro atoms. The molecule has 0 saturated carbocycles. The topological polar surface area (TPSA) is 24.9 Å². The summed E-state index contributed by atoms with van der Waals surface area (Å²) < 4.78 is 0. The molecule has 3 heteroatoms. The molecule has 0 bridgehead atoms. The second kappa shape index (κ2) is 4.97. The van der Waals surface area contributed by atoms with Crippen LogP contribution >= 0.6 is 11.3 Å². The first-order chi connectivity index (χ1) is 9.45. The van der Waals surface area contributed by atoms with Crippen molar-refractivity contribution in [1.82, 2.24) is 10.3 Å². The van der Waals surface area contributed by atoms with E-state index >= 15 is 0 Å². The van der Waals surface area contributed by atoms with Gasteiger partial charge in [0.2, 0.25) is 0 Å². The van der Waals surface area contributed by atoms with Crippen LogP contribution in [0.4, 0.5) is 0 Å². The van der Waals surface area contributed by atoms with E-state index in [1.165, 1.54) is 21.7 Å². The quantitative estimate of drug-likeness (QED) is 0.844. The number of aromatic nitrogens is 1. The summed E-state index contributed by atoms with van der Waals surface area (Å²) >= 11 is 1.84. The van der Waals surface area contributed by atoms with Gasteiger partial charge in [0.25, 0.3) is 0 Å². The standard InChI is InChI=1S/C17H22N2S/c1-11-15-14(9-10-18-11)19-16(20-15)12-5-7-13(8-6-12)17(2,3)4/h5-8,11,18H,9-10H2,1-4H3. The fraction of sp³-hybridized carbons (Fsp3) is 0.471. The molecule has 1 atom stereocenters. The van der Waals surface area contributed by atoms with Crippen molar-refractivity contribution in [2.75, 3.05) is 6.54 Å². The lowest BCUT2D eigenvalue weighted by molar-refractivity contribution is 0.545. The van der Waals surface area contributed by atoms with Crippen LogP contribution in [-0.4, -0.2) is 11.5 Å². The van der Waals surface area contributed by atoms with Gasteiger partial charge < -0.3 is 5.32 Å². The van der Waals surface area contributed by atoms with Crippen LogP contribution in [0.5, 0.6) is 0 Å². The third kappa shape index (κ3) is 2.52. The Bertz CT molecular complexity index is 605. The highest BCUT2D eigenvalue weighted by atomic mass is 32.1. The van der Waals surface area contributed by atoms with Gasteiger partial charge in [0, 0.05) is 29.4 Å². The van der Waals surface area contributed by atoms with Gasteiger partial charge in [-0.25, -0.2) is 4.98 Å². The smallest absolute Gasteiger partial charge is 0.123 e. The maximum Gasteiger partial charge on any atom is 0.123 e. The molecule has 0 saturated heterocycles. The second-order valence-corrected chi connectivity index (χ2v) is 7.61. The van der Waals surface area contributed by atoms with Crippen molar-refractivity contribution in [3.63, 3.8) is 0 Å². The van der Waals surface area contributed by atoms with Crippen molar-refractivity contribution in [2.24, 2.45) is 0 Å². The zero-order valence-corrected chi connectivity index (χ0v) is 13.5. The Morgan fingerprint density at radius 3 is 2.50 bits per heavy atom. The highest BCUT2D eigenvalue weighted by Crippen LogP contribution is 2.34. The first-order valence-corrected chi connectivity index (χ1v) is 8.11. The van der Waals surface area contributed by atoms with Gasteiger partial charge >= 0.3 is 0 Å². The molecule has 1 aromatic carbocycles. The van der Waals surface area contributed by atoms with Crippen LogP contribution < -0.4 is 5.32 Å². The van der Waals surface area contributed by atoms with Crippen molar-refractivity contribution in [1.29, 1.82) is 0 Å². The van der Waals surface area contributed by atoms with Crippen molar-refractivity contribution < 1.29 is 0 Å². The maximum atomic E-state index is 4.84. The summed E-state index contributed by atoms with van der Waals surface area (Å²) in [5.41, 5.74) is 4.11. The molecule has 1 aromatic heterocycles. The molecule has 0 aliphatic carbocycles. The summed E-state index contributed by atoms with van der Waals surface area (Å²) in [7, 11) is 0. The average Bonchev–Trinajstić information content (AvgIpc) is 2.83. The van der Waals surface area contributed by atoms with Gasteiger partial charge in [-0.2, -0.15) is 0 Å². The number of hydrogen-bond acceptors (Lipinski definition) is 3. The van der Waals surface area contributed by atoms with Crippen molar-refractivity contribution in [2.45, 2.75) is 45.6 Å². The van der Waals surface area contributed by atoms with E-state index in [0.717, 1.165) is 18.0 Å². The number of rotatable bonds is 1. The third-order valence-electron chi connectivity index (χ3n) is 3.93. The summed E-state index contributed by atoms with van der Waals surface area (Å²) in [6, 6.07) is 9.33. The zero-order valence-electron chi connectivity index (χ0n) is 12.7. The molecule has 1 aliphatic rings. The van der Waals surface area contributed by atoms with Gasteiger partial charge in [-0.1, -0.05) is 45.0 Å². The first-order valence-electron chi connectivity index (χ1n) is 7.29. The SMILES string of the molecule is CC1NCCc2nc(-c3ccc(C(C)(C)C)cc3)sc21. The predicted molar refractivity (Wildman–Crippen MR) is 86.4 cm³/mol. The fourth-order valence-electron chi connectivity index (χ4n) is 2.62. The molecule has 1 aliphatic heterocycles. The Hall–Kier alpha value is -1.19. The monoisotopic (exact) mass is 286 g/mol. The van der Waals surface area contributed by atoms with E-state index in [4.69, 9.17) is 4.98 Å². The summed E-state index contributed by atoms with van der Waals surface area (Å²) in [5.74, 6) is 0. The van der Waals surface area contributed by atoms with Crippen LogP contribution in [0.15, 0.2) is 24.3 Å². The first kappa shape index (κ1) is 13.8. The number of nitrogens with one attached hydrogen (secondary N) is 1. The van der Waals surface area contributed by atoms with Gasteiger partial charge in [-0.05, 0) is 17.9 Å². The predicted octanol–water partition coefficient (Wildman–Crippen LogP) is 4.31.